The number of carbonyl (C=O) groups excluding carboxylic acids is 4. The summed E-state index contributed by atoms with van der Waals surface area (Å²) in [6.45, 7) is 7.32. The van der Waals surface area contributed by atoms with Gasteiger partial charge in [0.1, 0.15) is 24.5 Å². The summed E-state index contributed by atoms with van der Waals surface area (Å²) in [7, 11) is 0. The highest BCUT2D eigenvalue weighted by molar-refractivity contribution is 5.97. The van der Waals surface area contributed by atoms with E-state index in [2.05, 4.69) is 10.6 Å². The Morgan fingerprint density at radius 1 is 1.12 bits per heavy atom. The Hall–Kier alpha value is -2.90. The highest BCUT2D eigenvalue weighted by Crippen LogP contribution is 2.33. The minimum Gasteiger partial charge on any atom is -0.460 e. The van der Waals surface area contributed by atoms with Crippen LogP contribution in [0.4, 0.5) is 4.79 Å². The minimum absolute atomic E-state index is 0.0262. The van der Waals surface area contributed by atoms with Crippen LogP contribution in [0.5, 0.6) is 0 Å². The zero-order chi connectivity index (χ0) is 24.4. The first-order chi connectivity index (χ1) is 15.7. The molecule has 33 heavy (non-hydrogen) atoms. The van der Waals surface area contributed by atoms with E-state index in [0.29, 0.717) is 19.3 Å². The van der Waals surface area contributed by atoms with Crippen molar-refractivity contribution in [2.24, 2.45) is 11.8 Å². The van der Waals surface area contributed by atoms with Crippen LogP contribution in [0.25, 0.3) is 0 Å². The van der Waals surface area contributed by atoms with Crippen LogP contribution >= 0.6 is 0 Å². The van der Waals surface area contributed by atoms with Crippen molar-refractivity contribution in [2.45, 2.75) is 84.6 Å². The highest BCUT2D eigenvalue weighted by Gasteiger charge is 2.47. The van der Waals surface area contributed by atoms with Gasteiger partial charge >= 0.3 is 12.1 Å². The molecule has 0 heterocycles. The lowest BCUT2D eigenvalue weighted by Gasteiger charge is -2.29. The van der Waals surface area contributed by atoms with Crippen molar-refractivity contribution in [3.63, 3.8) is 0 Å². The lowest BCUT2D eigenvalue weighted by molar-refractivity contribution is -0.150. The number of amides is 2. The molecule has 1 aromatic rings. The van der Waals surface area contributed by atoms with E-state index >= 15 is 0 Å². The number of hydrogen-bond donors (Lipinski definition) is 2. The Morgan fingerprint density at radius 2 is 1.79 bits per heavy atom. The molecule has 0 radical (unpaired) electrons. The molecule has 1 aliphatic carbocycles. The second-order valence-electron chi connectivity index (χ2n) is 9.00. The average Bonchev–Trinajstić information content (AvgIpc) is 3.49. The molecule has 2 amide bonds. The van der Waals surface area contributed by atoms with Crippen LogP contribution in [-0.4, -0.2) is 41.9 Å². The van der Waals surface area contributed by atoms with E-state index in [4.69, 9.17) is 9.47 Å². The molecule has 1 fully saturated rings. The number of rotatable bonds is 13. The normalized spacial score (nSPS) is 17.6. The Balaban J connectivity index is 2.06. The van der Waals surface area contributed by atoms with E-state index in [-0.39, 0.29) is 30.1 Å². The van der Waals surface area contributed by atoms with Gasteiger partial charge in [0.25, 0.3) is 0 Å². The Morgan fingerprint density at radius 3 is 2.33 bits per heavy atom. The van der Waals surface area contributed by atoms with E-state index in [1.54, 1.807) is 0 Å². The molecule has 0 bridgehead atoms. The highest BCUT2D eigenvalue weighted by atomic mass is 16.6. The molecule has 0 aliphatic heterocycles. The average molecular weight is 461 g/mol. The number of ether oxygens (including phenoxy) is 2. The lowest BCUT2D eigenvalue weighted by Crippen LogP contribution is -2.54. The van der Waals surface area contributed by atoms with Gasteiger partial charge in [-0.1, -0.05) is 63.9 Å². The molecule has 1 saturated carbocycles. The number of benzene rings is 1. The molecule has 0 aromatic heterocycles. The van der Waals surface area contributed by atoms with Gasteiger partial charge in [-0.2, -0.15) is 0 Å². The molecule has 0 spiro atoms. The zero-order valence-electron chi connectivity index (χ0n) is 20.0. The fourth-order valence-electron chi connectivity index (χ4n) is 3.73. The maximum Gasteiger partial charge on any atom is 0.408 e. The Labute approximate surface area is 195 Å². The summed E-state index contributed by atoms with van der Waals surface area (Å²) >= 11 is 0. The summed E-state index contributed by atoms with van der Waals surface area (Å²) in [5.41, 5.74) is 0.843. The third-order valence-electron chi connectivity index (χ3n) is 5.49. The predicted octanol–water partition coefficient (Wildman–Crippen LogP) is 3.52. The van der Waals surface area contributed by atoms with Crippen LogP contribution in [0.15, 0.2) is 30.3 Å². The van der Waals surface area contributed by atoms with Crippen LogP contribution in [0.2, 0.25) is 0 Å². The molecule has 2 rings (SSSR count). The van der Waals surface area contributed by atoms with Crippen LogP contribution in [-0.2, 0) is 30.5 Å². The van der Waals surface area contributed by atoms with Crippen molar-refractivity contribution >= 4 is 23.8 Å². The van der Waals surface area contributed by atoms with E-state index < -0.39 is 30.3 Å². The molecular weight excluding hydrogens is 424 g/mol. The maximum absolute atomic E-state index is 13.2. The standard InChI is InChI=1S/C25H36N2O6/c1-5-6-12-20(23(33-17(4)28)19-14-22(19)29)26-24(30)21(13-16(2)3)27-25(31)32-15-18-10-8-7-9-11-18/h7-11,16,19-21,23H,5-6,12-15H2,1-4H3,(H,26,30)(H,27,31)/t19?,20-,21-,23?/m0/s1. The summed E-state index contributed by atoms with van der Waals surface area (Å²) in [6, 6.07) is 7.95. The molecule has 8 heteroatoms. The van der Waals surface area contributed by atoms with Gasteiger partial charge in [-0.25, -0.2) is 4.79 Å². The SMILES string of the molecule is CCCC[C@H](NC(=O)[C@H](CC(C)C)NC(=O)OCc1ccccc1)C(OC(C)=O)C1CC1=O. The fraction of sp³-hybridized carbons (Fsp3) is 0.600. The maximum atomic E-state index is 13.2. The molecule has 2 unspecified atom stereocenters. The molecule has 4 atom stereocenters. The fourth-order valence-corrected chi connectivity index (χ4v) is 3.73. The molecule has 2 N–H and O–H groups in total. The second-order valence-corrected chi connectivity index (χ2v) is 9.00. The van der Waals surface area contributed by atoms with Crippen molar-refractivity contribution in [2.75, 3.05) is 0 Å². The van der Waals surface area contributed by atoms with Crippen molar-refractivity contribution in [3.8, 4) is 0 Å². The number of nitrogens with one attached hydrogen (secondary N) is 2. The van der Waals surface area contributed by atoms with Crippen molar-refractivity contribution < 1.29 is 28.7 Å². The van der Waals surface area contributed by atoms with Crippen LogP contribution in [0.1, 0.15) is 65.4 Å². The van der Waals surface area contributed by atoms with Crippen LogP contribution < -0.4 is 10.6 Å². The third-order valence-corrected chi connectivity index (χ3v) is 5.49. The topological polar surface area (TPSA) is 111 Å². The molecular formula is C25H36N2O6. The molecule has 0 saturated heterocycles. The summed E-state index contributed by atoms with van der Waals surface area (Å²) in [5.74, 6) is -1.09. The van der Waals surface area contributed by atoms with Crippen molar-refractivity contribution in [1.82, 2.24) is 10.6 Å². The van der Waals surface area contributed by atoms with Gasteiger partial charge in [0.2, 0.25) is 5.91 Å². The van der Waals surface area contributed by atoms with Crippen LogP contribution in [0.3, 0.4) is 0 Å². The van der Waals surface area contributed by atoms with Crippen molar-refractivity contribution in [1.29, 1.82) is 0 Å². The molecule has 182 valence electrons. The first-order valence-corrected chi connectivity index (χ1v) is 11.7. The molecule has 1 aromatic carbocycles. The van der Waals surface area contributed by atoms with Crippen molar-refractivity contribution in [3.05, 3.63) is 35.9 Å². The monoisotopic (exact) mass is 460 g/mol. The number of hydrogen-bond acceptors (Lipinski definition) is 6. The first kappa shape index (κ1) is 26.4. The van der Waals surface area contributed by atoms with Gasteiger partial charge in [0.15, 0.2) is 0 Å². The summed E-state index contributed by atoms with van der Waals surface area (Å²) in [6.07, 6.45) is 1.62. The lowest BCUT2D eigenvalue weighted by atomic mass is 9.98. The number of Topliss-reactive ketones (excluding diaryl/α,β-unsaturated/α-hetero) is 1. The van der Waals surface area contributed by atoms with E-state index in [9.17, 15) is 19.2 Å². The largest absolute Gasteiger partial charge is 0.460 e. The first-order valence-electron chi connectivity index (χ1n) is 11.7. The molecule has 1 aliphatic rings. The number of esters is 1. The van der Waals surface area contributed by atoms with Gasteiger partial charge in [0, 0.05) is 13.3 Å². The quantitative estimate of drug-likeness (QED) is 0.436. The van der Waals surface area contributed by atoms with Gasteiger partial charge in [-0.15, -0.1) is 0 Å². The number of ketones is 1. The second kappa shape index (κ2) is 13.0. The Bertz CT molecular complexity index is 810. The van der Waals surface area contributed by atoms with Gasteiger partial charge in [-0.3, -0.25) is 14.4 Å². The van der Waals surface area contributed by atoms with E-state index in [1.165, 1.54) is 6.92 Å². The summed E-state index contributed by atoms with van der Waals surface area (Å²) in [4.78, 5) is 49.0. The summed E-state index contributed by atoms with van der Waals surface area (Å²) in [5, 5.41) is 5.61. The van der Waals surface area contributed by atoms with E-state index in [0.717, 1.165) is 18.4 Å². The number of carbonyl (C=O) groups is 4. The van der Waals surface area contributed by atoms with Gasteiger partial charge in [-0.05, 0) is 24.3 Å². The minimum atomic E-state index is -0.815. The van der Waals surface area contributed by atoms with E-state index in [1.807, 2.05) is 51.1 Å². The number of unbranched alkanes of at least 4 members (excludes halogenated alkanes) is 1. The smallest absolute Gasteiger partial charge is 0.408 e. The third kappa shape index (κ3) is 9.24. The molecule has 8 nitrogen and oxygen atoms in total. The van der Waals surface area contributed by atoms with Gasteiger partial charge in [0.05, 0.1) is 12.0 Å². The van der Waals surface area contributed by atoms with Gasteiger partial charge < -0.3 is 20.1 Å². The summed E-state index contributed by atoms with van der Waals surface area (Å²) < 4.78 is 10.7. The van der Waals surface area contributed by atoms with Crippen LogP contribution in [0, 0.1) is 11.8 Å². The zero-order valence-corrected chi connectivity index (χ0v) is 20.0. The number of alkyl carbamates (subject to hydrolysis) is 1. The predicted molar refractivity (Wildman–Crippen MR) is 123 cm³/mol. The Kier molecular flexibility index (Phi) is 10.4.